The number of benzene rings is 2. The van der Waals surface area contributed by atoms with Crippen molar-refractivity contribution in [2.24, 2.45) is 0 Å². The number of carboxylic acid groups (broad SMARTS) is 1. The molecule has 0 saturated carbocycles. The lowest BCUT2D eigenvalue weighted by Crippen LogP contribution is -2.02. The van der Waals surface area contributed by atoms with Gasteiger partial charge in [-0.1, -0.05) is 67.0 Å². The molecule has 0 radical (unpaired) electrons. The Morgan fingerprint density at radius 1 is 1.10 bits per heavy atom. The Bertz CT molecular complexity index is 1130. The van der Waals surface area contributed by atoms with Crippen molar-refractivity contribution in [1.82, 2.24) is 25.8 Å². The fourth-order valence-corrected chi connectivity index (χ4v) is 3.45. The van der Waals surface area contributed by atoms with Crippen LogP contribution in [0.15, 0.2) is 53.1 Å². The van der Waals surface area contributed by atoms with Crippen molar-refractivity contribution in [3.8, 4) is 22.5 Å². The maximum Gasteiger partial charge on any atom is 0.375 e. The average Bonchev–Trinajstić information content (AvgIpc) is 3.43. The highest BCUT2D eigenvalue weighted by Crippen LogP contribution is 2.30. The number of aromatic carboxylic acids is 1. The van der Waals surface area contributed by atoms with Crippen LogP contribution in [0, 0.1) is 0 Å². The molecule has 30 heavy (non-hydrogen) atoms. The first kappa shape index (κ1) is 19.5. The fraction of sp³-hybridized carbons (Fsp3) is 0.227. The van der Waals surface area contributed by atoms with Crippen molar-refractivity contribution in [2.45, 2.75) is 32.6 Å². The van der Waals surface area contributed by atoms with Gasteiger partial charge in [-0.25, -0.2) is 9.89 Å². The molecule has 152 valence electrons. The van der Waals surface area contributed by atoms with Gasteiger partial charge < -0.3 is 9.63 Å². The molecular weight excluding hydrogens is 382 g/mol. The van der Waals surface area contributed by atoms with Crippen LogP contribution in [0.2, 0.25) is 0 Å². The molecule has 0 atom stereocenters. The van der Waals surface area contributed by atoms with Gasteiger partial charge >= 0.3 is 5.97 Å². The zero-order chi connectivity index (χ0) is 20.9. The van der Waals surface area contributed by atoms with E-state index in [2.05, 4.69) is 32.7 Å². The molecule has 0 bridgehead atoms. The average molecular weight is 403 g/mol. The highest BCUT2D eigenvalue weighted by atomic mass is 16.5. The number of nitrogens with zero attached hydrogens (tertiary/aromatic N) is 4. The van der Waals surface area contributed by atoms with Gasteiger partial charge in [0.1, 0.15) is 0 Å². The van der Waals surface area contributed by atoms with Gasteiger partial charge in [0.05, 0.1) is 5.69 Å². The van der Waals surface area contributed by atoms with Gasteiger partial charge in [-0.15, -0.1) is 5.10 Å². The first-order valence-electron chi connectivity index (χ1n) is 9.80. The summed E-state index contributed by atoms with van der Waals surface area (Å²) >= 11 is 0. The second-order valence-corrected chi connectivity index (χ2v) is 7.01. The first-order chi connectivity index (χ1) is 14.7. The van der Waals surface area contributed by atoms with Gasteiger partial charge in [-0.3, -0.25) is 0 Å². The van der Waals surface area contributed by atoms with Crippen molar-refractivity contribution in [3.05, 3.63) is 71.1 Å². The number of nitrogens with one attached hydrogen (secondary N) is 1. The van der Waals surface area contributed by atoms with Gasteiger partial charge in [0, 0.05) is 17.5 Å². The Hall–Kier alpha value is -3.81. The van der Waals surface area contributed by atoms with Gasteiger partial charge in [0.15, 0.2) is 5.82 Å². The van der Waals surface area contributed by atoms with E-state index in [1.165, 1.54) is 0 Å². The van der Waals surface area contributed by atoms with Crippen LogP contribution in [-0.2, 0) is 12.8 Å². The van der Waals surface area contributed by atoms with Crippen molar-refractivity contribution in [2.75, 3.05) is 0 Å². The molecular formula is C22H21N5O3. The SMILES string of the molecule is CCCCc1noc(C(=O)O)c1Cc1ccc(-c2ccccc2-c2nnn[nH]2)cc1. The molecule has 0 spiro atoms. The smallest absolute Gasteiger partial charge is 0.375 e. The van der Waals surface area contributed by atoms with Gasteiger partial charge in [0.2, 0.25) is 5.76 Å². The Morgan fingerprint density at radius 3 is 2.53 bits per heavy atom. The molecule has 0 aliphatic heterocycles. The third-order valence-electron chi connectivity index (χ3n) is 5.00. The van der Waals surface area contributed by atoms with Crippen molar-refractivity contribution in [1.29, 1.82) is 0 Å². The second-order valence-electron chi connectivity index (χ2n) is 7.01. The lowest BCUT2D eigenvalue weighted by atomic mass is 9.96. The third-order valence-corrected chi connectivity index (χ3v) is 5.00. The number of hydrogen-bond acceptors (Lipinski definition) is 6. The highest BCUT2D eigenvalue weighted by molar-refractivity contribution is 5.86. The monoisotopic (exact) mass is 403 g/mol. The molecule has 2 aromatic heterocycles. The Morgan fingerprint density at radius 2 is 1.87 bits per heavy atom. The summed E-state index contributed by atoms with van der Waals surface area (Å²) in [4.78, 5) is 11.5. The first-order valence-corrected chi connectivity index (χ1v) is 9.80. The Labute approximate surface area is 172 Å². The van der Waals surface area contributed by atoms with Crippen molar-refractivity contribution in [3.63, 3.8) is 0 Å². The van der Waals surface area contributed by atoms with Crippen LogP contribution >= 0.6 is 0 Å². The number of aromatic nitrogens is 5. The maximum atomic E-state index is 11.5. The van der Waals surface area contributed by atoms with Gasteiger partial charge in [-0.2, -0.15) is 0 Å². The fourth-order valence-electron chi connectivity index (χ4n) is 3.45. The lowest BCUT2D eigenvalue weighted by molar-refractivity contribution is 0.0650. The molecule has 2 heterocycles. The van der Waals surface area contributed by atoms with Crippen LogP contribution in [0.5, 0.6) is 0 Å². The van der Waals surface area contributed by atoms with Crippen LogP contribution in [-0.4, -0.2) is 36.9 Å². The van der Waals surface area contributed by atoms with E-state index in [9.17, 15) is 9.90 Å². The van der Waals surface area contributed by atoms with Crippen molar-refractivity contribution < 1.29 is 14.4 Å². The molecule has 4 rings (SSSR count). The number of unbranched alkanes of at least 4 members (excludes halogenated alkanes) is 1. The Balaban J connectivity index is 1.62. The van der Waals surface area contributed by atoms with E-state index in [-0.39, 0.29) is 5.76 Å². The minimum absolute atomic E-state index is 0.0756. The van der Waals surface area contributed by atoms with Crippen molar-refractivity contribution >= 4 is 5.97 Å². The normalized spacial score (nSPS) is 11.0. The zero-order valence-electron chi connectivity index (χ0n) is 16.5. The molecule has 8 nitrogen and oxygen atoms in total. The lowest BCUT2D eigenvalue weighted by Gasteiger charge is -2.09. The summed E-state index contributed by atoms with van der Waals surface area (Å²) < 4.78 is 5.10. The van der Waals surface area contributed by atoms with E-state index in [1.54, 1.807) is 0 Å². The van der Waals surface area contributed by atoms with E-state index in [1.807, 2.05) is 48.5 Å². The molecule has 0 aliphatic carbocycles. The van der Waals surface area contributed by atoms with Gasteiger partial charge in [-0.05, 0) is 40.0 Å². The van der Waals surface area contributed by atoms with E-state index < -0.39 is 5.97 Å². The number of hydrogen-bond donors (Lipinski definition) is 2. The minimum Gasteiger partial charge on any atom is -0.475 e. The highest BCUT2D eigenvalue weighted by Gasteiger charge is 2.21. The number of rotatable bonds is 8. The minimum atomic E-state index is -1.09. The predicted molar refractivity (Wildman–Crippen MR) is 110 cm³/mol. The summed E-state index contributed by atoms with van der Waals surface area (Å²) in [5.74, 6) is -0.564. The standard InChI is InChI=1S/C22H21N5O3/c1-2-3-8-19-18(20(22(28)29)30-25-19)13-14-9-11-15(12-10-14)16-6-4-5-7-17(16)21-23-26-27-24-21/h4-7,9-12H,2-3,8,13H2,1H3,(H,28,29)(H,23,24,26,27). The van der Waals surface area contributed by atoms with Crippen LogP contribution in [0.4, 0.5) is 0 Å². The second kappa shape index (κ2) is 8.69. The van der Waals surface area contributed by atoms with Gasteiger partial charge in [0.25, 0.3) is 0 Å². The predicted octanol–water partition coefficient (Wildman–Crippen LogP) is 4.15. The topological polar surface area (TPSA) is 118 Å². The van der Waals surface area contributed by atoms with Crippen LogP contribution in [0.25, 0.3) is 22.5 Å². The number of carboxylic acids is 1. The summed E-state index contributed by atoms with van der Waals surface area (Å²) in [7, 11) is 0. The number of H-pyrrole nitrogens is 1. The number of tetrazole rings is 1. The quantitative estimate of drug-likeness (QED) is 0.454. The van der Waals surface area contributed by atoms with Crippen LogP contribution in [0.3, 0.4) is 0 Å². The summed E-state index contributed by atoms with van der Waals surface area (Å²) in [6.07, 6.45) is 3.10. The van der Waals surface area contributed by atoms with Crippen LogP contribution in [0.1, 0.15) is 47.1 Å². The number of aryl methyl sites for hydroxylation is 1. The molecule has 0 aliphatic rings. The molecule has 4 aromatic rings. The summed E-state index contributed by atoms with van der Waals surface area (Å²) in [5.41, 5.74) is 5.28. The molecule has 0 amide bonds. The number of carbonyl (C=O) groups is 1. The molecule has 0 saturated heterocycles. The van der Waals surface area contributed by atoms with Crippen LogP contribution < -0.4 is 0 Å². The number of aromatic amines is 1. The van der Waals surface area contributed by atoms with E-state index in [0.717, 1.165) is 40.8 Å². The largest absolute Gasteiger partial charge is 0.475 e. The third kappa shape index (κ3) is 3.98. The molecule has 0 unspecified atom stereocenters. The maximum absolute atomic E-state index is 11.5. The van der Waals surface area contributed by atoms with E-state index in [0.29, 0.717) is 24.2 Å². The zero-order valence-corrected chi connectivity index (χ0v) is 16.5. The summed E-state index contributed by atoms with van der Waals surface area (Å²) in [6.45, 7) is 2.09. The molecule has 2 N–H and O–H groups in total. The molecule has 2 aromatic carbocycles. The van der Waals surface area contributed by atoms with E-state index >= 15 is 0 Å². The van der Waals surface area contributed by atoms with E-state index in [4.69, 9.17) is 4.52 Å². The molecule has 8 heteroatoms. The summed E-state index contributed by atoms with van der Waals surface area (Å²) in [6, 6.07) is 15.9. The Kier molecular flexibility index (Phi) is 5.65. The molecule has 0 fully saturated rings. The summed E-state index contributed by atoms with van der Waals surface area (Å²) in [5, 5.41) is 27.6.